The number of carbonyl (C=O) groups is 3. The van der Waals surface area contributed by atoms with Gasteiger partial charge in [-0.15, -0.1) is 0 Å². The van der Waals surface area contributed by atoms with Crippen LogP contribution >= 0.6 is 22.6 Å². The number of unbranched alkanes of at least 4 members (excludes halogenated alkanes) is 3. The fourth-order valence-corrected chi connectivity index (χ4v) is 5.24. The molecule has 0 saturated carbocycles. The van der Waals surface area contributed by atoms with Crippen molar-refractivity contribution in [3.05, 3.63) is 32.9 Å². The Kier molecular flexibility index (Phi) is 13.5. The van der Waals surface area contributed by atoms with E-state index in [1.807, 2.05) is 36.4 Å². The van der Waals surface area contributed by atoms with Gasteiger partial charge in [-0.1, -0.05) is 40.0 Å². The molecule has 2 rings (SSSR count). The first-order valence-electron chi connectivity index (χ1n) is 13.2. The van der Waals surface area contributed by atoms with Gasteiger partial charge in [0.2, 0.25) is 11.8 Å². The summed E-state index contributed by atoms with van der Waals surface area (Å²) in [6.45, 7) is 6.41. The van der Waals surface area contributed by atoms with Crippen LogP contribution in [0.25, 0.3) is 0 Å². The minimum Gasteiger partial charge on any atom is -0.493 e. The highest BCUT2D eigenvalue weighted by Gasteiger charge is 2.40. The van der Waals surface area contributed by atoms with Gasteiger partial charge in [0.15, 0.2) is 11.5 Å². The number of aldehydes is 1. The van der Waals surface area contributed by atoms with Gasteiger partial charge in [0, 0.05) is 37.1 Å². The van der Waals surface area contributed by atoms with E-state index in [4.69, 9.17) is 9.47 Å². The minimum absolute atomic E-state index is 0.0705. The van der Waals surface area contributed by atoms with Gasteiger partial charge < -0.3 is 29.9 Å². The number of nitrogens with zero attached hydrogens (tertiary/aromatic N) is 1. The average molecular weight is 645 g/mol. The van der Waals surface area contributed by atoms with Crippen molar-refractivity contribution >= 4 is 40.7 Å². The van der Waals surface area contributed by atoms with E-state index in [1.54, 1.807) is 23.1 Å². The quantitative estimate of drug-likeness (QED) is 0.152. The number of rotatable bonds is 15. The van der Waals surface area contributed by atoms with Crippen LogP contribution in [-0.2, 0) is 9.59 Å². The van der Waals surface area contributed by atoms with E-state index in [0.717, 1.165) is 25.7 Å². The summed E-state index contributed by atoms with van der Waals surface area (Å²) in [5.74, 6) is 0.333. The molecule has 3 atom stereocenters. The molecule has 38 heavy (non-hydrogen) atoms. The summed E-state index contributed by atoms with van der Waals surface area (Å²) in [7, 11) is 1.46. The van der Waals surface area contributed by atoms with Gasteiger partial charge in [-0.25, -0.2) is 0 Å². The molecule has 1 aliphatic carbocycles. The maximum absolute atomic E-state index is 13.4. The molecule has 0 radical (unpaired) electrons. The van der Waals surface area contributed by atoms with E-state index in [0.29, 0.717) is 45.5 Å². The molecule has 0 heterocycles. The molecule has 0 aromatic heterocycles. The molecule has 0 aliphatic heterocycles. The third-order valence-electron chi connectivity index (χ3n) is 6.41. The van der Waals surface area contributed by atoms with E-state index in [2.05, 4.69) is 12.2 Å². The lowest BCUT2D eigenvalue weighted by Crippen LogP contribution is -2.55. The van der Waals surface area contributed by atoms with Crippen molar-refractivity contribution in [1.29, 1.82) is 0 Å². The molecule has 9 nitrogen and oxygen atoms in total. The Bertz CT molecular complexity index is 982. The van der Waals surface area contributed by atoms with Crippen molar-refractivity contribution in [2.24, 2.45) is 5.92 Å². The number of amides is 2. The van der Waals surface area contributed by atoms with Gasteiger partial charge in [0.25, 0.3) is 0 Å². The van der Waals surface area contributed by atoms with Gasteiger partial charge in [0.05, 0.1) is 23.3 Å². The SMILES string of the molecule is CCCCCCN(C(=O)CC(C)C)[C@@H]1CC(C(=O)NCCO)=C[C@H](Oc2c(I)cc(C=O)cc2OC)[C@H]1O. The normalized spacial score (nSPS) is 19.1. The third-order valence-corrected chi connectivity index (χ3v) is 7.21. The summed E-state index contributed by atoms with van der Waals surface area (Å²) in [6.07, 6.45) is 4.56. The largest absolute Gasteiger partial charge is 0.493 e. The Morgan fingerprint density at radius 1 is 1.26 bits per heavy atom. The highest BCUT2D eigenvalue weighted by Crippen LogP contribution is 2.37. The van der Waals surface area contributed by atoms with Crippen LogP contribution < -0.4 is 14.8 Å². The number of aliphatic hydroxyl groups excluding tert-OH is 2. The Morgan fingerprint density at radius 3 is 2.61 bits per heavy atom. The number of ether oxygens (including phenoxy) is 2. The molecule has 0 saturated heterocycles. The molecule has 1 aliphatic rings. The molecule has 1 aromatic carbocycles. The maximum atomic E-state index is 13.4. The van der Waals surface area contributed by atoms with Crippen LogP contribution in [0.15, 0.2) is 23.8 Å². The van der Waals surface area contributed by atoms with Crippen molar-refractivity contribution in [3.8, 4) is 11.5 Å². The molecule has 3 N–H and O–H groups in total. The first-order chi connectivity index (χ1) is 18.2. The van der Waals surface area contributed by atoms with Gasteiger partial charge in [0.1, 0.15) is 18.5 Å². The molecular formula is C28H41IN2O7. The Balaban J connectivity index is 2.47. The molecule has 1 aromatic rings. The number of benzene rings is 1. The summed E-state index contributed by atoms with van der Waals surface area (Å²) in [6, 6.07) is 2.51. The number of hydrogen-bond donors (Lipinski definition) is 3. The second-order valence-electron chi connectivity index (χ2n) is 9.91. The first-order valence-corrected chi connectivity index (χ1v) is 14.3. The van der Waals surface area contributed by atoms with E-state index in [-0.39, 0.29) is 37.3 Å². The van der Waals surface area contributed by atoms with Crippen molar-refractivity contribution in [3.63, 3.8) is 0 Å². The van der Waals surface area contributed by atoms with Crippen LogP contribution in [0.2, 0.25) is 0 Å². The van der Waals surface area contributed by atoms with Crippen LogP contribution in [0.4, 0.5) is 0 Å². The van der Waals surface area contributed by atoms with Crippen LogP contribution in [-0.4, -0.2) is 78.3 Å². The summed E-state index contributed by atoms with van der Waals surface area (Å²) >= 11 is 2.03. The van der Waals surface area contributed by atoms with Gasteiger partial charge >= 0.3 is 0 Å². The van der Waals surface area contributed by atoms with Crippen LogP contribution in [0.1, 0.15) is 69.7 Å². The number of carbonyl (C=O) groups excluding carboxylic acids is 3. The fraction of sp³-hybridized carbons (Fsp3) is 0.607. The smallest absolute Gasteiger partial charge is 0.247 e. The standard InChI is InChI=1S/C28H41IN2O7/c1-5-6-7-8-10-31(25(34)12-18(2)3)22-15-20(28(36)30-9-11-32)16-23(26(22)35)38-27-21(29)13-19(17-33)14-24(27)37-4/h13-14,16-18,22-23,26,32,35H,5-12,15H2,1-4H3,(H,30,36)/t22-,23+,26+/m1/s1. The summed E-state index contributed by atoms with van der Waals surface area (Å²) in [5.41, 5.74) is 0.783. The number of methoxy groups -OCH3 is 1. The van der Waals surface area contributed by atoms with Crippen LogP contribution in [0, 0.1) is 9.49 Å². The Hall–Kier alpha value is -2.18. The highest BCUT2D eigenvalue weighted by atomic mass is 127. The van der Waals surface area contributed by atoms with Crippen molar-refractivity contribution in [2.45, 2.75) is 77.5 Å². The zero-order valence-corrected chi connectivity index (χ0v) is 24.9. The Labute approximate surface area is 239 Å². The zero-order chi connectivity index (χ0) is 28.2. The first kappa shape index (κ1) is 32.0. The molecule has 10 heteroatoms. The fourth-order valence-electron chi connectivity index (χ4n) is 4.49. The summed E-state index contributed by atoms with van der Waals surface area (Å²) in [5, 5.41) is 23.4. The molecular weight excluding hydrogens is 603 g/mol. The minimum atomic E-state index is -1.11. The molecule has 2 amide bonds. The zero-order valence-electron chi connectivity index (χ0n) is 22.7. The Morgan fingerprint density at radius 2 is 2.00 bits per heavy atom. The highest BCUT2D eigenvalue weighted by molar-refractivity contribution is 14.1. The predicted molar refractivity (Wildman–Crippen MR) is 153 cm³/mol. The lowest BCUT2D eigenvalue weighted by Gasteiger charge is -2.41. The van der Waals surface area contributed by atoms with Crippen molar-refractivity contribution < 1.29 is 34.1 Å². The number of halogens is 1. The van der Waals surface area contributed by atoms with Crippen LogP contribution in [0.5, 0.6) is 11.5 Å². The van der Waals surface area contributed by atoms with E-state index >= 15 is 0 Å². The maximum Gasteiger partial charge on any atom is 0.247 e. The summed E-state index contributed by atoms with van der Waals surface area (Å²) < 4.78 is 12.3. The predicted octanol–water partition coefficient (Wildman–Crippen LogP) is 3.48. The van der Waals surface area contributed by atoms with Gasteiger partial charge in [-0.05, 0) is 53.1 Å². The lowest BCUT2D eigenvalue weighted by atomic mass is 9.87. The number of aliphatic hydroxyl groups is 2. The molecule has 0 unspecified atom stereocenters. The average Bonchev–Trinajstić information content (AvgIpc) is 2.88. The number of hydrogen-bond acceptors (Lipinski definition) is 7. The lowest BCUT2D eigenvalue weighted by molar-refractivity contribution is -0.139. The van der Waals surface area contributed by atoms with E-state index in [1.165, 1.54) is 7.11 Å². The molecule has 0 spiro atoms. The third kappa shape index (κ3) is 8.94. The van der Waals surface area contributed by atoms with Crippen LogP contribution in [0.3, 0.4) is 0 Å². The van der Waals surface area contributed by atoms with Crippen molar-refractivity contribution in [1.82, 2.24) is 10.2 Å². The molecule has 212 valence electrons. The molecule has 0 bridgehead atoms. The monoisotopic (exact) mass is 644 g/mol. The van der Waals surface area contributed by atoms with E-state index < -0.39 is 18.2 Å². The number of nitrogens with one attached hydrogen (secondary N) is 1. The summed E-state index contributed by atoms with van der Waals surface area (Å²) in [4.78, 5) is 39.4. The second kappa shape index (κ2) is 16.0. The molecule has 0 fully saturated rings. The van der Waals surface area contributed by atoms with Crippen molar-refractivity contribution in [2.75, 3.05) is 26.8 Å². The second-order valence-corrected chi connectivity index (χ2v) is 11.1. The topological polar surface area (TPSA) is 125 Å². The van der Waals surface area contributed by atoms with Gasteiger partial charge in [-0.2, -0.15) is 0 Å². The van der Waals surface area contributed by atoms with E-state index in [9.17, 15) is 24.6 Å². The van der Waals surface area contributed by atoms with Gasteiger partial charge in [-0.3, -0.25) is 14.4 Å².